The fourth-order valence-corrected chi connectivity index (χ4v) is 3.35. The summed E-state index contributed by atoms with van der Waals surface area (Å²) in [7, 11) is 0. The number of aryl methyl sites for hydroxylation is 2. The van der Waals surface area contributed by atoms with E-state index in [1.54, 1.807) is 30.3 Å². The molecular weight excluding hydrogens is 368 g/mol. The van der Waals surface area contributed by atoms with Crippen molar-refractivity contribution in [2.75, 3.05) is 39.3 Å². The Bertz CT molecular complexity index is 767. The molecule has 1 atom stereocenters. The largest absolute Gasteiger partial charge is 0.491 e. The van der Waals surface area contributed by atoms with Gasteiger partial charge in [-0.25, -0.2) is 0 Å². The van der Waals surface area contributed by atoms with Crippen molar-refractivity contribution in [2.24, 2.45) is 0 Å². The van der Waals surface area contributed by atoms with Crippen molar-refractivity contribution in [3.05, 3.63) is 52.4 Å². The van der Waals surface area contributed by atoms with Gasteiger partial charge in [-0.3, -0.25) is 9.69 Å². The molecule has 1 aliphatic rings. The van der Waals surface area contributed by atoms with Gasteiger partial charge < -0.3 is 19.2 Å². The molecule has 1 saturated heterocycles. The summed E-state index contributed by atoms with van der Waals surface area (Å²) < 4.78 is 11.0. The molecule has 0 spiro atoms. The third-order valence-corrected chi connectivity index (χ3v) is 4.91. The van der Waals surface area contributed by atoms with Crippen molar-refractivity contribution in [1.82, 2.24) is 9.80 Å². The van der Waals surface area contributed by atoms with Gasteiger partial charge in [0, 0.05) is 37.7 Å². The quantitative estimate of drug-likeness (QED) is 0.818. The van der Waals surface area contributed by atoms with Crippen LogP contribution in [0.15, 0.2) is 34.7 Å². The zero-order valence-corrected chi connectivity index (χ0v) is 16.4. The van der Waals surface area contributed by atoms with E-state index in [4.69, 9.17) is 20.8 Å². The summed E-state index contributed by atoms with van der Waals surface area (Å²) in [6.45, 7) is 7.09. The van der Waals surface area contributed by atoms with Gasteiger partial charge in [-0.15, -0.1) is 0 Å². The third-order valence-electron chi connectivity index (χ3n) is 4.66. The van der Waals surface area contributed by atoms with Gasteiger partial charge in [0.15, 0.2) is 0 Å². The van der Waals surface area contributed by atoms with Crippen LogP contribution in [0.4, 0.5) is 0 Å². The lowest BCUT2D eigenvalue weighted by atomic mass is 10.2. The number of β-amino-alcohol motifs (C(OH)–C–C–N with tert-alkyl or cyclic N) is 1. The topological polar surface area (TPSA) is 66.2 Å². The van der Waals surface area contributed by atoms with Crippen LogP contribution in [0.25, 0.3) is 0 Å². The van der Waals surface area contributed by atoms with E-state index >= 15 is 0 Å². The molecule has 27 heavy (non-hydrogen) atoms. The van der Waals surface area contributed by atoms with Crippen LogP contribution in [-0.4, -0.2) is 66.2 Å². The zero-order chi connectivity index (χ0) is 19.4. The van der Waals surface area contributed by atoms with E-state index in [9.17, 15) is 9.90 Å². The zero-order valence-electron chi connectivity index (χ0n) is 15.7. The number of halogens is 1. The number of hydrogen-bond acceptors (Lipinski definition) is 5. The number of hydrogen-bond donors (Lipinski definition) is 1. The first-order valence-corrected chi connectivity index (χ1v) is 9.45. The van der Waals surface area contributed by atoms with Crippen LogP contribution in [0.2, 0.25) is 5.02 Å². The Labute approximate surface area is 164 Å². The lowest BCUT2D eigenvalue weighted by Crippen LogP contribution is -2.51. The Morgan fingerprint density at radius 3 is 2.48 bits per heavy atom. The molecule has 1 aromatic carbocycles. The molecule has 1 unspecified atom stereocenters. The molecule has 3 rings (SSSR count). The van der Waals surface area contributed by atoms with E-state index < -0.39 is 6.10 Å². The number of carbonyl (C=O) groups is 1. The lowest BCUT2D eigenvalue weighted by molar-refractivity contribution is 0.0403. The van der Waals surface area contributed by atoms with Gasteiger partial charge in [0.05, 0.1) is 5.56 Å². The maximum absolute atomic E-state index is 12.6. The molecule has 6 nitrogen and oxygen atoms in total. The lowest BCUT2D eigenvalue weighted by Gasteiger charge is -2.35. The van der Waals surface area contributed by atoms with Crippen LogP contribution in [0.5, 0.6) is 5.75 Å². The number of furan rings is 1. The number of aliphatic hydroxyl groups excluding tert-OH is 1. The van der Waals surface area contributed by atoms with Crippen molar-refractivity contribution >= 4 is 17.5 Å². The van der Waals surface area contributed by atoms with Crippen molar-refractivity contribution in [3.63, 3.8) is 0 Å². The number of carbonyl (C=O) groups excluding carboxylic acids is 1. The molecule has 1 amide bonds. The molecule has 1 aliphatic heterocycles. The van der Waals surface area contributed by atoms with Crippen LogP contribution < -0.4 is 4.74 Å². The first-order chi connectivity index (χ1) is 12.9. The average molecular weight is 393 g/mol. The highest BCUT2D eigenvalue weighted by Crippen LogP contribution is 2.18. The van der Waals surface area contributed by atoms with Gasteiger partial charge in [0.1, 0.15) is 30.0 Å². The van der Waals surface area contributed by atoms with E-state index in [0.717, 1.165) is 18.8 Å². The number of amides is 1. The summed E-state index contributed by atoms with van der Waals surface area (Å²) in [6, 6.07) is 8.85. The van der Waals surface area contributed by atoms with Crippen molar-refractivity contribution in [3.8, 4) is 5.75 Å². The molecule has 1 fully saturated rings. The minimum absolute atomic E-state index is 0.00983. The third kappa shape index (κ3) is 5.25. The highest BCUT2D eigenvalue weighted by Gasteiger charge is 2.25. The fourth-order valence-electron chi connectivity index (χ4n) is 3.22. The standard InChI is InChI=1S/C20H25ClN2O4/c1-14-11-19(15(2)27-14)20(25)23-9-7-22(8-10-23)12-17(24)13-26-18-5-3-16(21)4-6-18/h3-6,11,17,24H,7-10,12-13H2,1-2H3. The van der Waals surface area contributed by atoms with Crippen LogP contribution in [0.1, 0.15) is 21.9 Å². The number of piperazine rings is 1. The normalized spacial score (nSPS) is 16.4. The Kier molecular flexibility index (Phi) is 6.42. The van der Waals surface area contributed by atoms with Gasteiger partial charge in [-0.2, -0.15) is 0 Å². The average Bonchev–Trinajstić information content (AvgIpc) is 2.99. The SMILES string of the molecule is Cc1cc(C(=O)N2CCN(CC(O)COc3ccc(Cl)cc3)CC2)c(C)o1. The van der Waals surface area contributed by atoms with Gasteiger partial charge in [-0.1, -0.05) is 11.6 Å². The van der Waals surface area contributed by atoms with E-state index in [-0.39, 0.29) is 12.5 Å². The summed E-state index contributed by atoms with van der Waals surface area (Å²) in [5, 5.41) is 10.9. The van der Waals surface area contributed by atoms with Crippen LogP contribution >= 0.6 is 11.6 Å². The van der Waals surface area contributed by atoms with Crippen LogP contribution in [0, 0.1) is 13.8 Å². The number of aliphatic hydroxyl groups is 1. The maximum atomic E-state index is 12.6. The summed E-state index contributed by atoms with van der Waals surface area (Å²) in [5.41, 5.74) is 0.636. The number of nitrogens with zero attached hydrogens (tertiary/aromatic N) is 2. The first-order valence-electron chi connectivity index (χ1n) is 9.07. The second kappa shape index (κ2) is 8.78. The van der Waals surface area contributed by atoms with Gasteiger partial charge >= 0.3 is 0 Å². The molecule has 1 N–H and O–H groups in total. The predicted molar refractivity (Wildman–Crippen MR) is 103 cm³/mol. The minimum atomic E-state index is -0.596. The molecule has 2 aromatic rings. The second-order valence-corrected chi connectivity index (χ2v) is 7.27. The monoisotopic (exact) mass is 392 g/mol. The van der Waals surface area contributed by atoms with Crippen molar-refractivity contribution in [1.29, 1.82) is 0 Å². The molecule has 7 heteroatoms. The fraction of sp³-hybridized carbons (Fsp3) is 0.450. The number of benzene rings is 1. The van der Waals surface area contributed by atoms with E-state index in [1.807, 2.05) is 18.7 Å². The van der Waals surface area contributed by atoms with Gasteiger partial charge in [0.2, 0.25) is 0 Å². The minimum Gasteiger partial charge on any atom is -0.491 e. The Hall–Kier alpha value is -2.02. The molecule has 0 bridgehead atoms. The van der Waals surface area contributed by atoms with E-state index in [2.05, 4.69) is 4.90 Å². The molecule has 0 saturated carbocycles. The number of ether oxygens (including phenoxy) is 1. The Balaban J connectivity index is 1.43. The van der Waals surface area contributed by atoms with Crippen LogP contribution in [-0.2, 0) is 0 Å². The molecule has 1 aromatic heterocycles. The summed E-state index contributed by atoms with van der Waals surface area (Å²) >= 11 is 5.84. The van der Waals surface area contributed by atoms with Crippen LogP contribution in [0.3, 0.4) is 0 Å². The van der Waals surface area contributed by atoms with E-state index in [0.29, 0.717) is 41.7 Å². The van der Waals surface area contributed by atoms with Crippen molar-refractivity contribution < 1.29 is 19.1 Å². The molecule has 146 valence electrons. The highest BCUT2D eigenvalue weighted by molar-refractivity contribution is 6.30. The number of rotatable bonds is 6. The van der Waals surface area contributed by atoms with Gasteiger partial charge in [0.25, 0.3) is 5.91 Å². The van der Waals surface area contributed by atoms with Crippen molar-refractivity contribution in [2.45, 2.75) is 20.0 Å². The Morgan fingerprint density at radius 2 is 1.89 bits per heavy atom. The predicted octanol–water partition coefficient (Wildman–Crippen LogP) is 2.75. The highest BCUT2D eigenvalue weighted by atomic mass is 35.5. The smallest absolute Gasteiger partial charge is 0.257 e. The summed E-state index contributed by atoms with van der Waals surface area (Å²) in [5.74, 6) is 2.10. The first kappa shape index (κ1) is 19.7. The summed E-state index contributed by atoms with van der Waals surface area (Å²) in [6.07, 6.45) is -0.596. The second-order valence-electron chi connectivity index (χ2n) is 6.84. The molecular formula is C20H25ClN2O4. The molecule has 0 radical (unpaired) electrons. The maximum Gasteiger partial charge on any atom is 0.257 e. The Morgan fingerprint density at radius 1 is 1.22 bits per heavy atom. The van der Waals surface area contributed by atoms with Gasteiger partial charge in [-0.05, 0) is 44.2 Å². The molecule has 0 aliphatic carbocycles. The summed E-state index contributed by atoms with van der Waals surface area (Å²) in [4.78, 5) is 16.6. The van der Waals surface area contributed by atoms with E-state index in [1.165, 1.54) is 0 Å². The molecule has 2 heterocycles.